The van der Waals surface area contributed by atoms with Gasteiger partial charge in [-0.1, -0.05) is 24.3 Å². The second-order valence-electron chi connectivity index (χ2n) is 4.07. The zero-order valence-electron chi connectivity index (χ0n) is 10.7. The molecule has 4 nitrogen and oxygen atoms in total. The molecule has 0 saturated heterocycles. The molecule has 4 N–H and O–H groups in total. The van der Waals surface area contributed by atoms with Crippen LogP contribution in [0.15, 0.2) is 48.0 Å². The molecule has 0 unspecified atom stereocenters. The number of fused-ring (bicyclic) bond motifs is 1. The number of nitrogens with two attached hydrogens (primary N) is 1. The Morgan fingerprint density at radius 2 is 2.21 bits per heavy atom. The Morgan fingerprint density at radius 3 is 2.95 bits per heavy atom. The van der Waals surface area contributed by atoms with Gasteiger partial charge in [-0.3, -0.25) is 4.99 Å². The minimum atomic E-state index is 0. The van der Waals surface area contributed by atoms with Crippen LogP contribution in [0.3, 0.4) is 0 Å². The highest BCUT2D eigenvalue weighted by atomic mass is 127. The molecule has 5 heteroatoms. The van der Waals surface area contributed by atoms with Gasteiger partial charge in [0.25, 0.3) is 0 Å². The molecule has 1 aromatic heterocycles. The van der Waals surface area contributed by atoms with E-state index in [0.717, 1.165) is 11.9 Å². The third-order valence-electron chi connectivity index (χ3n) is 2.68. The molecule has 19 heavy (non-hydrogen) atoms. The van der Waals surface area contributed by atoms with E-state index in [2.05, 4.69) is 40.1 Å². The minimum Gasteiger partial charge on any atom is -0.370 e. The molecule has 0 bridgehead atoms. The van der Waals surface area contributed by atoms with Crippen LogP contribution in [0, 0.1) is 0 Å². The van der Waals surface area contributed by atoms with Crippen LogP contribution in [-0.2, 0) is 6.42 Å². The van der Waals surface area contributed by atoms with Gasteiger partial charge in [-0.05, 0) is 17.5 Å². The lowest BCUT2D eigenvalue weighted by molar-refractivity contribution is 0.911. The number of aromatic amines is 1. The number of hydrogen-bond donors (Lipinski definition) is 3. The second kappa shape index (κ2) is 7.83. The molecule has 0 spiro atoms. The lowest BCUT2D eigenvalue weighted by Gasteiger charge is -2.01. The predicted molar refractivity (Wildman–Crippen MR) is 92.1 cm³/mol. The molecule has 1 aromatic carbocycles. The molecular formula is C14H19IN4. The Kier molecular flexibility index (Phi) is 6.41. The highest BCUT2D eigenvalue weighted by molar-refractivity contribution is 14.0. The molecule has 0 atom stereocenters. The van der Waals surface area contributed by atoms with Crippen LogP contribution >= 0.6 is 24.0 Å². The van der Waals surface area contributed by atoms with Crippen LogP contribution in [-0.4, -0.2) is 24.0 Å². The van der Waals surface area contributed by atoms with Gasteiger partial charge in [0.1, 0.15) is 0 Å². The smallest absolute Gasteiger partial charge is 0.188 e. The van der Waals surface area contributed by atoms with E-state index < -0.39 is 0 Å². The minimum absolute atomic E-state index is 0. The fraction of sp³-hybridized carbons (Fsp3) is 0.214. The van der Waals surface area contributed by atoms with Gasteiger partial charge in [0.05, 0.1) is 0 Å². The number of guanidine groups is 1. The summed E-state index contributed by atoms with van der Waals surface area (Å²) in [4.78, 5) is 7.61. The van der Waals surface area contributed by atoms with Crippen molar-refractivity contribution in [2.24, 2.45) is 10.7 Å². The van der Waals surface area contributed by atoms with E-state index in [4.69, 9.17) is 5.73 Å². The Morgan fingerprint density at radius 1 is 1.42 bits per heavy atom. The van der Waals surface area contributed by atoms with Crippen molar-refractivity contribution in [3.05, 3.63) is 48.7 Å². The van der Waals surface area contributed by atoms with Crippen molar-refractivity contribution in [3.63, 3.8) is 0 Å². The molecule has 0 saturated carbocycles. The summed E-state index contributed by atoms with van der Waals surface area (Å²) >= 11 is 0. The van der Waals surface area contributed by atoms with Crippen molar-refractivity contribution >= 4 is 40.8 Å². The second-order valence-corrected chi connectivity index (χ2v) is 4.07. The Labute approximate surface area is 130 Å². The van der Waals surface area contributed by atoms with Gasteiger partial charge in [-0.2, -0.15) is 0 Å². The van der Waals surface area contributed by atoms with E-state index in [1.165, 1.54) is 11.1 Å². The summed E-state index contributed by atoms with van der Waals surface area (Å²) in [5.74, 6) is 0.464. The Balaban J connectivity index is 0.00000180. The SMILES string of the molecule is C=CCNC(N)=NCCc1cc2ccccc2[nH]1.I. The van der Waals surface area contributed by atoms with Gasteiger partial charge in [0.2, 0.25) is 0 Å². The van der Waals surface area contributed by atoms with Gasteiger partial charge >= 0.3 is 0 Å². The zero-order valence-corrected chi connectivity index (χ0v) is 13.1. The number of benzene rings is 1. The molecular weight excluding hydrogens is 351 g/mol. The topological polar surface area (TPSA) is 66.2 Å². The maximum Gasteiger partial charge on any atom is 0.188 e. The van der Waals surface area contributed by atoms with E-state index in [1.807, 2.05) is 12.1 Å². The third-order valence-corrected chi connectivity index (χ3v) is 2.68. The Bertz CT molecular complexity index is 526. The number of nitrogens with one attached hydrogen (secondary N) is 2. The monoisotopic (exact) mass is 370 g/mol. The van der Waals surface area contributed by atoms with E-state index in [1.54, 1.807) is 6.08 Å². The number of para-hydroxylation sites is 1. The van der Waals surface area contributed by atoms with E-state index >= 15 is 0 Å². The molecule has 2 rings (SSSR count). The van der Waals surface area contributed by atoms with Crippen LogP contribution in [0.5, 0.6) is 0 Å². The highest BCUT2D eigenvalue weighted by Crippen LogP contribution is 2.14. The van der Waals surface area contributed by atoms with Gasteiger partial charge in [0, 0.05) is 30.7 Å². The molecule has 0 aliphatic heterocycles. The van der Waals surface area contributed by atoms with Crippen molar-refractivity contribution < 1.29 is 0 Å². The average molecular weight is 370 g/mol. The normalized spacial score (nSPS) is 11.1. The number of aliphatic imine (C=N–C) groups is 1. The quantitative estimate of drug-likeness (QED) is 0.328. The van der Waals surface area contributed by atoms with Crippen molar-refractivity contribution in [3.8, 4) is 0 Å². The first-order valence-electron chi connectivity index (χ1n) is 6.01. The van der Waals surface area contributed by atoms with Crippen LogP contribution < -0.4 is 11.1 Å². The zero-order chi connectivity index (χ0) is 12.8. The summed E-state index contributed by atoms with van der Waals surface area (Å²) < 4.78 is 0. The van der Waals surface area contributed by atoms with Crippen LogP contribution in [0.4, 0.5) is 0 Å². The fourth-order valence-electron chi connectivity index (χ4n) is 1.80. The predicted octanol–water partition coefficient (Wildman–Crippen LogP) is 2.42. The maximum absolute atomic E-state index is 5.68. The number of halogens is 1. The summed E-state index contributed by atoms with van der Waals surface area (Å²) in [6.07, 6.45) is 2.60. The maximum atomic E-state index is 5.68. The first-order valence-corrected chi connectivity index (χ1v) is 6.01. The standard InChI is InChI=1S/C14H18N4.HI/c1-2-8-16-14(15)17-9-7-12-10-11-5-3-4-6-13(11)18-12;/h2-6,10,18H,1,7-9H2,(H3,15,16,17);1H. The summed E-state index contributed by atoms with van der Waals surface area (Å²) in [6, 6.07) is 10.4. The molecule has 0 radical (unpaired) electrons. The van der Waals surface area contributed by atoms with Gasteiger partial charge in [0.15, 0.2) is 5.96 Å². The molecule has 0 amide bonds. The van der Waals surface area contributed by atoms with Crippen LogP contribution in [0.2, 0.25) is 0 Å². The lowest BCUT2D eigenvalue weighted by Crippen LogP contribution is -2.31. The average Bonchev–Trinajstić information content (AvgIpc) is 2.79. The van der Waals surface area contributed by atoms with Gasteiger partial charge in [-0.15, -0.1) is 30.6 Å². The largest absolute Gasteiger partial charge is 0.370 e. The Hall–Kier alpha value is -1.50. The number of H-pyrrole nitrogens is 1. The number of rotatable bonds is 5. The van der Waals surface area contributed by atoms with Crippen molar-refractivity contribution in [1.29, 1.82) is 0 Å². The van der Waals surface area contributed by atoms with Crippen LogP contribution in [0.1, 0.15) is 5.69 Å². The van der Waals surface area contributed by atoms with Crippen molar-refractivity contribution in [2.45, 2.75) is 6.42 Å². The van der Waals surface area contributed by atoms with E-state index in [0.29, 0.717) is 19.0 Å². The molecule has 1 heterocycles. The molecule has 2 aromatic rings. The summed E-state index contributed by atoms with van der Waals surface area (Å²) in [7, 11) is 0. The highest BCUT2D eigenvalue weighted by Gasteiger charge is 1.99. The fourth-order valence-corrected chi connectivity index (χ4v) is 1.80. The first kappa shape index (κ1) is 15.6. The molecule has 0 aliphatic rings. The van der Waals surface area contributed by atoms with Gasteiger partial charge in [-0.25, -0.2) is 0 Å². The summed E-state index contributed by atoms with van der Waals surface area (Å²) in [5.41, 5.74) is 8.02. The molecule has 0 aliphatic carbocycles. The number of aromatic nitrogens is 1. The van der Waals surface area contributed by atoms with E-state index in [9.17, 15) is 0 Å². The summed E-state index contributed by atoms with van der Waals surface area (Å²) in [6.45, 7) is 4.92. The summed E-state index contributed by atoms with van der Waals surface area (Å²) in [5, 5.41) is 4.18. The third kappa shape index (κ3) is 4.59. The lowest BCUT2D eigenvalue weighted by atomic mass is 10.2. The molecule has 102 valence electrons. The van der Waals surface area contributed by atoms with Crippen molar-refractivity contribution in [2.75, 3.05) is 13.1 Å². The number of nitrogens with zero attached hydrogens (tertiary/aromatic N) is 1. The van der Waals surface area contributed by atoms with E-state index in [-0.39, 0.29) is 24.0 Å². The molecule has 0 fully saturated rings. The number of hydrogen-bond acceptors (Lipinski definition) is 1. The van der Waals surface area contributed by atoms with Crippen molar-refractivity contribution in [1.82, 2.24) is 10.3 Å². The first-order chi connectivity index (χ1) is 8.79. The van der Waals surface area contributed by atoms with Crippen LogP contribution in [0.25, 0.3) is 10.9 Å². The van der Waals surface area contributed by atoms with Gasteiger partial charge < -0.3 is 16.0 Å².